The summed E-state index contributed by atoms with van der Waals surface area (Å²) in [6.07, 6.45) is 1.25. The minimum absolute atomic E-state index is 0.0857. The molecular formula is C13H20O3SSi. The van der Waals surface area contributed by atoms with Crippen molar-refractivity contribution in [3.8, 4) is 0 Å². The number of hydrogen-bond donors (Lipinski definition) is 0. The van der Waals surface area contributed by atoms with Gasteiger partial charge in [-0.25, -0.2) is 8.42 Å². The van der Waals surface area contributed by atoms with Gasteiger partial charge in [0.15, 0.2) is 9.84 Å². The summed E-state index contributed by atoms with van der Waals surface area (Å²) < 4.78 is 28.1. The molecule has 0 N–H and O–H groups in total. The van der Waals surface area contributed by atoms with Gasteiger partial charge in [-0.2, -0.15) is 0 Å². The predicted octanol–water partition coefficient (Wildman–Crippen LogP) is 2.59. The first-order chi connectivity index (χ1) is 8.16. The second-order valence-electron chi connectivity index (χ2n) is 5.53. The summed E-state index contributed by atoms with van der Waals surface area (Å²) in [6.45, 7) is 6.93. The van der Waals surface area contributed by atoms with Crippen molar-refractivity contribution in [2.75, 3.05) is 6.26 Å². The number of rotatable bonds is 5. The lowest BCUT2D eigenvalue weighted by molar-refractivity contribution is 0.309. The van der Waals surface area contributed by atoms with Gasteiger partial charge in [0, 0.05) is 6.26 Å². The first kappa shape index (κ1) is 15.4. The average molecular weight is 284 g/mol. The molecule has 0 bridgehead atoms. The van der Waals surface area contributed by atoms with Crippen molar-refractivity contribution in [1.29, 1.82) is 0 Å². The Kier molecular flexibility index (Phi) is 5.13. The smallest absolute Gasteiger partial charge is 0.236 e. The Balaban J connectivity index is 2.60. The Bertz CT molecular complexity index is 489. The molecular weight excluding hydrogens is 264 g/mol. The summed E-state index contributed by atoms with van der Waals surface area (Å²) in [5, 5.41) is 0.171. The topological polar surface area (TPSA) is 43.4 Å². The molecule has 0 spiro atoms. The summed E-state index contributed by atoms with van der Waals surface area (Å²) in [7, 11) is -2.54. The molecule has 0 aliphatic heterocycles. The van der Waals surface area contributed by atoms with Crippen molar-refractivity contribution < 1.29 is 12.8 Å². The summed E-state index contributed by atoms with van der Waals surface area (Å²) >= 11 is 0. The average Bonchev–Trinajstić information content (AvgIpc) is 2.13. The Hall–Kier alpha value is -0.653. The van der Waals surface area contributed by atoms with Crippen molar-refractivity contribution in [3.05, 3.63) is 35.4 Å². The lowest BCUT2D eigenvalue weighted by Gasteiger charge is -2.15. The van der Waals surface area contributed by atoms with E-state index < -0.39 is 9.84 Å². The van der Waals surface area contributed by atoms with Gasteiger partial charge in [0.05, 0.1) is 12.4 Å². The molecule has 1 aromatic carbocycles. The van der Waals surface area contributed by atoms with E-state index in [0.717, 1.165) is 11.1 Å². The van der Waals surface area contributed by atoms with Crippen LogP contribution >= 0.6 is 0 Å². The monoisotopic (exact) mass is 284 g/mol. The van der Waals surface area contributed by atoms with E-state index in [1.807, 2.05) is 24.3 Å². The van der Waals surface area contributed by atoms with Gasteiger partial charge in [-0.3, -0.25) is 0 Å². The zero-order chi connectivity index (χ0) is 13.8. The highest BCUT2D eigenvalue weighted by Gasteiger charge is 2.13. The summed E-state index contributed by atoms with van der Waals surface area (Å²) in [4.78, 5) is 0. The van der Waals surface area contributed by atoms with Gasteiger partial charge < -0.3 is 4.43 Å². The molecule has 0 fully saturated rings. The molecule has 2 radical (unpaired) electrons. The summed E-state index contributed by atoms with van der Waals surface area (Å²) in [5.41, 5.74) is 1.84. The van der Waals surface area contributed by atoms with Gasteiger partial charge in [-0.1, -0.05) is 45.0 Å². The fourth-order valence-electron chi connectivity index (χ4n) is 1.45. The number of sulfone groups is 1. The van der Waals surface area contributed by atoms with Gasteiger partial charge in [0.25, 0.3) is 0 Å². The third-order valence-electron chi connectivity index (χ3n) is 2.04. The van der Waals surface area contributed by atoms with Crippen LogP contribution < -0.4 is 0 Å². The van der Waals surface area contributed by atoms with E-state index in [-0.39, 0.29) is 10.8 Å². The fourth-order valence-corrected chi connectivity index (χ4v) is 2.90. The van der Waals surface area contributed by atoms with Crippen LogP contribution in [0.25, 0.3) is 0 Å². The van der Waals surface area contributed by atoms with Gasteiger partial charge in [0.2, 0.25) is 9.76 Å². The molecule has 1 aromatic rings. The van der Waals surface area contributed by atoms with E-state index in [0.29, 0.717) is 16.4 Å². The van der Waals surface area contributed by atoms with Crippen molar-refractivity contribution in [2.24, 2.45) is 0 Å². The van der Waals surface area contributed by atoms with Crippen LogP contribution in [0.2, 0.25) is 5.04 Å². The van der Waals surface area contributed by atoms with Crippen LogP contribution in [0.1, 0.15) is 31.9 Å². The zero-order valence-corrected chi connectivity index (χ0v) is 13.2. The van der Waals surface area contributed by atoms with Crippen LogP contribution in [-0.4, -0.2) is 24.4 Å². The fraction of sp³-hybridized carbons (Fsp3) is 0.538. The molecule has 0 amide bonds. The van der Waals surface area contributed by atoms with Crippen LogP contribution in [0, 0.1) is 0 Å². The molecule has 5 heteroatoms. The van der Waals surface area contributed by atoms with E-state index in [1.165, 1.54) is 6.26 Å². The largest absolute Gasteiger partial charge is 0.413 e. The van der Waals surface area contributed by atoms with Gasteiger partial charge in [0.1, 0.15) is 0 Å². The van der Waals surface area contributed by atoms with Gasteiger partial charge >= 0.3 is 0 Å². The second-order valence-corrected chi connectivity index (χ2v) is 9.66. The molecule has 0 saturated heterocycles. The number of hydrogen-bond acceptors (Lipinski definition) is 3. The normalized spacial score (nSPS) is 12.7. The Morgan fingerprint density at radius 2 is 1.83 bits per heavy atom. The van der Waals surface area contributed by atoms with E-state index in [2.05, 4.69) is 20.8 Å². The highest BCUT2D eigenvalue weighted by Crippen LogP contribution is 2.20. The van der Waals surface area contributed by atoms with Crippen LogP contribution in [0.4, 0.5) is 0 Å². The Morgan fingerprint density at radius 3 is 2.39 bits per heavy atom. The maximum atomic E-state index is 11.2. The van der Waals surface area contributed by atoms with Gasteiger partial charge in [-0.15, -0.1) is 0 Å². The SMILES string of the molecule is CC(C)(C)[Si]OCc1cccc(CS(C)(=O)=O)c1. The molecule has 0 aliphatic rings. The lowest BCUT2D eigenvalue weighted by Crippen LogP contribution is -2.12. The first-order valence-corrected chi connectivity index (χ1v) is 8.77. The van der Waals surface area contributed by atoms with Crippen molar-refractivity contribution in [2.45, 2.75) is 38.2 Å². The Morgan fingerprint density at radius 1 is 1.22 bits per heavy atom. The van der Waals surface area contributed by atoms with E-state index in [9.17, 15) is 8.42 Å². The molecule has 0 saturated carbocycles. The number of benzene rings is 1. The summed E-state index contributed by atoms with van der Waals surface area (Å²) in [5.74, 6) is 0.0857. The van der Waals surface area contributed by atoms with Crippen molar-refractivity contribution in [3.63, 3.8) is 0 Å². The van der Waals surface area contributed by atoms with E-state index >= 15 is 0 Å². The minimum Gasteiger partial charge on any atom is -0.413 e. The van der Waals surface area contributed by atoms with Crippen molar-refractivity contribution >= 4 is 19.6 Å². The molecule has 18 heavy (non-hydrogen) atoms. The van der Waals surface area contributed by atoms with Crippen LogP contribution in [0.5, 0.6) is 0 Å². The molecule has 0 atom stereocenters. The summed E-state index contributed by atoms with van der Waals surface area (Å²) in [6, 6.07) is 7.56. The maximum Gasteiger partial charge on any atom is 0.236 e. The van der Waals surface area contributed by atoms with Crippen molar-refractivity contribution in [1.82, 2.24) is 0 Å². The van der Waals surface area contributed by atoms with E-state index in [1.54, 1.807) is 0 Å². The Labute approximate surface area is 112 Å². The second kappa shape index (κ2) is 5.99. The third kappa shape index (κ3) is 6.93. The standard InChI is InChI=1S/C13H20O3SSi/c1-13(2,3)18-16-9-11-6-5-7-12(8-11)10-17(4,14)15/h5-8H,9-10H2,1-4H3. The molecule has 3 nitrogen and oxygen atoms in total. The lowest BCUT2D eigenvalue weighted by atomic mass is 10.1. The highest BCUT2D eigenvalue weighted by atomic mass is 32.2. The minimum atomic E-state index is -2.98. The molecule has 0 unspecified atom stereocenters. The first-order valence-electron chi connectivity index (χ1n) is 5.80. The molecule has 1 rings (SSSR count). The molecule has 0 aliphatic carbocycles. The molecule has 100 valence electrons. The quantitative estimate of drug-likeness (QED) is 0.781. The zero-order valence-electron chi connectivity index (χ0n) is 11.4. The van der Waals surface area contributed by atoms with E-state index in [4.69, 9.17) is 4.43 Å². The highest BCUT2D eigenvalue weighted by molar-refractivity contribution is 7.89. The van der Waals surface area contributed by atoms with Crippen LogP contribution in [-0.2, 0) is 26.6 Å². The van der Waals surface area contributed by atoms with Crippen LogP contribution in [0.15, 0.2) is 24.3 Å². The van der Waals surface area contributed by atoms with Crippen LogP contribution in [0.3, 0.4) is 0 Å². The molecule has 0 aromatic heterocycles. The third-order valence-corrected chi connectivity index (χ3v) is 3.80. The molecule has 0 heterocycles. The predicted molar refractivity (Wildman–Crippen MR) is 75.2 cm³/mol. The van der Waals surface area contributed by atoms with Gasteiger partial charge in [-0.05, 0) is 16.2 Å². The maximum absolute atomic E-state index is 11.2.